The first-order chi connectivity index (χ1) is 14.0. The number of carbonyl (C=O) groups is 1. The van der Waals surface area contributed by atoms with Crippen LogP contribution in [0.2, 0.25) is 0 Å². The summed E-state index contributed by atoms with van der Waals surface area (Å²) >= 11 is 0. The summed E-state index contributed by atoms with van der Waals surface area (Å²) in [5, 5.41) is 0. The zero-order chi connectivity index (χ0) is 20.4. The number of benzene rings is 2. The van der Waals surface area contributed by atoms with Crippen LogP contribution in [0.4, 0.5) is 8.78 Å². The van der Waals surface area contributed by atoms with E-state index in [1.165, 1.54) is 30.3 Å². The fraction of sp³-hybridized carbons (Fsp3) is 0.364. The van der Waals surface area contributed by atoms with E-state index in [1.54, 1.807) is 0 Å². The number of nitrogens with zero attached hydrogens (tertiary/aromatic N) is 2. The van der Waals surface area contributed by atoms with Crippen molar-refractivity contribution >= 4 is 16.9 Å². The summed E-state index contributed by atoms with van der Waals surface area (Å²) in [6, 6.07) is 10.6. The van der Waals surface area contributed by atoms with Gasteiger partial charge in [-0.1, -0.05) is 12.1 Å². The van der Waals surface area contributed by atoms with Gasteiger partial charge in [0.2, 0.25) is 5.91 Å². The van der Waals surface area contributed by atoms with Gasteiger partial charge in [0.1, 0.15) is 11.6 Å². The van der Waals surface area contributed by atoms with Gasteiger partial charge < -0.3 is 9.88 Å². The van der Waals surface area contributed by atoms with Gasteiger partial charge in [0.25, 0.3) is 0 Å². The fourth-order valence-corrected chi connectivity index (χ4v) is 4.07. The van der Waals surface area contributed by atoms with E-state index in [2.05, 4.69) is 9.88 Å². The monoisotopic (exact) mass is 399 g/mol. The third-order valence-electron chi connectivity index (χ3n) is 5.68. The number of halogens is 2. The Bertz CT molecular complexity index is 1060. The first-order valence-corrected chi connectivity index (χ1v) is 9.90. The predicted molar refractivity (Wildman–Crippen MR) is 107 cm³/mol. The molecule has 0 bridgehead atoms. The van der Waals surface area contributed by atoms with Crippen molar-refractivity contribution in [3.8, 4) is 0 Å². The molecule has 0 spiro atoms. The van der Waals surface area contributed by atoms with Crippen molar-refractivity contribution < 1.29 is 13.6 Å². The molecule has 5 nitrogen and oxygen atoms in total. The zero-order valence-corrected chi connectivity index (χ0v) is 16.0. The lowest BCUT2D eigenvalue weighted by atomic mass is 9.90. The molecule has 4 rings (SSSR count). The number of hydrogen-bond acceptors (Lipinski definition) is 3. The van der Waals surface area contributed by atoms with E-state index in [1.807, 2.05) is 12.1 Å². The Hall–Kier alpha value is -2.80. The van der Waals surface area contributed by atoms with E-state index in [0.29, 0.717) is 23.5 Å². The van der Waals surface area contributed by atoms with Gasteiger partial charge in [0.05, 0.1) is 11.0 Å². The minimum absolute atomic E-state index is 0.215. The van der Waals surface area contributed by atoms with Crippen LogP contribution in [0.3, 0.4) is 0 Å². The maximum atomic E-state index is 13.3. The van der Waals surface area contributed by atoms with E-state index < -0.39 is 11.5 Å². The molecule has 1 saturated heterocycles. The van der Waals surface area contributed by atoms with Crippen LogP contribution in [-0.4, -0.2) is 40.0 Å². The standard InChI is InChI=1S/C22H23F2N3O2/c23-17-3-1-15(2-4-17)13-16-7-10-26(11-8-16)12-9-21(28)27-20-6-5-18(24)14-19(20)25-22(27)29/h1-6,14,16H,7-13H2,(H,25,29). The van der Waals surface area contributed by atoms with Crippen molar-refractivity contribution in [3.63, 3.8) is 0 Å². The lowest BCUT2D eigenvalue weighted by Crippen LogP contribution is -2.37. The summed E-state index contributed by atoms with van der Waals surface area (Å²) in [6.07, 6.45) is 3.22. The van der Waals surface area contributed by atoms with Gasteiger partial charge in [0.15, 0.2) is 0 Å². The molecule has 2 heterocycles. The van der Waals surface area contributed by atoms with E-state index >= 15 is 0 Å². The van der Waals surface area contributed by atoms with Crippen LogP contribution in [-0.2, 0) is 6.42 Å². The smallest absolute Gasteiger partial charge is 0.305 e. The van der Waals surface area contributed by atoms with Crippen molar-refractivity contribution in [3.05, 3.63) is 70.1 Å². The summed E-state index contributed by atoms with van der Waals surface area (Å²) in [4.78, 5) is 29.5. The Labute approximate surface area is 167 Å². The van der Waals surface area contributed by atoms with Crippen molar-refractivity contribution in [1.29, 1.82) is 0 Å². The van der Waals surface area contributed by atoms with Gasteiger partial charge in [0, 0.05) is 13.0 Å². The Kier molecular flexibility index (Phi) is 5.58. The highest BCUT2D eigenvalue weighted by molar-refractivity contribution is 5.90. The van der Waals surface area contributed by atoms with Crippen molar-refractivity contribution in [2.24, 2.45) is 5.92 Å². The summed E-state index contributed by atoms with van der Waals surface area (Å²) in [5.41, 5.74) is 1.34. The number of aromatic nitrogens is 2. The minimum atomic E-state index is -0.534. The Morgan fingerprint density at radius 2 is 1.72 bits per heavy atom. The van der Waals surface area contributed by atoms with Crippen LogP contribution < -0.4 is 5.69 Å². The molecule has 0 aliphatic carbocycles. The quantitative estimate of drug-likeness (QED) is 0.713. The third-order valence-corrected chi connectivity index (χ3v) is 5.68. The SMILES string of the molecule is O=C(CCN1CCC(Cc2ccc(F)cc2)CC1)n1c(=O)[nH]c2cc(F)ccc21. The second-order valence-electron chi connectivity index (χ2n) is 7.69. The Morgan fingerprint density at radius 3 is 2.45 bits per heavy atom. The minimum Gasteiger partial charge on any atom is -0.305 e. The molecule has 0 unspecified atom stereocenters. The number of hydrogen-bond donors (Lipinski definition) is 1. The molecule has 2 aromatic carbocycles. The Balaban J connectivity index is 1.30. The van der Waals surface area contributed by atoms with Crippen molar-refractivity contribution in [2.45, 2.75) is 25.7 Å². The molecule has 1 fully saturated rings. The number of rotatable bonds is 5. The molecule has 152 valence electrons. The molecule has 0 amide bonds. The van der Waals surface area contributed by atoms with E-state index in [9.17, 15) is 18.4 Å². The van der Waals surface area contributed by atoms with Gasteiger partial charge in [-0.15, -0.1) is 0 Å². The molecular weight excluding hydrogens is 376 g/mol. The lowest BCUT2D eigenvalue weighted by molar-refractivity contribution is 0.0872. The fourth-order valence-electron chi connectivity index (χ4n) is 4.07. The number of H-pyrrole nitrogens is 1. The molecule has 0 radical (unpaired) electrons. The number of carbonyl (C=O) groups excluding carboxylic acids is 1. The first-order valence-electron chi connectivity index (χ1n) is 9.90. The molecule has 7 heteroatoms. The zero-order valence-electron chi connectivity index (χ0n) is 16.0. The second-order valence-corrected chi connectivity index (χ2v) is 7.69. The number of piperidine rings is 1. The van der Waals surface area contributed by atoms with Crippen LogP contribution in [0, 0.1) is 17.6 Å². The molecule has 1 N–H and O–H groups in total. The highest BCUT2D eigenvalue weighted by Gasteiger charge is 2.21. The van der Waals surface area contributed by atoms with Crippen LogP contribution >= 0.6 is 0 Å². The first kappa shape index (κ1) is 19.5. The molecule has 3 aromatic rings. The van der Waals surface area contributed by atoms with Crippen molar-refractivity contribution in [2.75, 3.05) is 19.6 Å². The van der Waals surface area contributed by atoms with Crippen LogP contribution in [0.25, 0.3) is 11.0 Å². The third kappa shape index (κ3) is 4.45. The predicted octanol–water partition coefficient (Wildman–Crippen LogP) is 3.59. The maximum absolute atomic E-state index is 13.3. The van der Waals surface area contributed by atoms with Gasteiger partial charge in [-0.25, -0.2) is 18.1 Å². The van der Waals surface area contributed by atoms with Gasteiger partial charge in [-0.05, 0) is 74.2 Å². The molecule has 0 saturated carbocycles. The molecule has 29 heavy (non-hydrogen) atoms. The van der Waals surface area contributed by atoms with E-state index in [0.717, 1.165) is 42.5 Å². The molecule has 1 aromatic heterocycles. The van der Waals surface area contributed by atoms with Crippen LogP contribution in [0.15, 0.2) is 47.3 Å². The summed E-state index contributed by atoms with van der Waals surface area (Å²) in [7, 11) is 0. The Morgan fingerprint density at radius 1 is 1.03 bits per heavy atom. The molecule has 0 atom stereocenters. The van der Waals surface area contributed by atoms with E-state index in [4.69, 9.17) is 0 Å². The number of nitrogens with one attached hydrogen (secondary N) is 1. The highest BCUT2D eigenvalue weighted by Crippen LogP contribution is 2.22. The average molecular weight is 399 g/mol. The van der Waals surface area contributed by atoms with Gasteiger partial charge in [-0.2, -0.15) is 0 Å². The van der Waals surface area contributed by atoms with Gasteiger partial charge in [-0.3, -0.25) is 4.79 Å². The van der Waals surface area contributed by atoms with Crippen LogP contribution in [0.1, 0.15) is 29.6 Å². The number of fused-ring (bicyclic) bond motifs is 1. The lowest BCUT2D eigenvalue weighted by Gasteiger charge is -2.31. The van der Waals surface area contributed by atoms with Crippen LogP contribution in [0.5, 0.6) is 0 Å². The molecular formula is C22H23F2N3O2. The van der Waals surface area contributed by atoms with Gasteiger partial charge >= 0.3 is 5.69 Å². The number of likely N-dealkylation sites (tertiary alicyclic amines) is 1. The summed E-state index contributed by atoms with van der Waals surface area (Å²) in [6.45, 7) is 2.38. The number of aromatic amines is 1. The topological polar surface area (TPSA) is 58.1 Å². The molecule has 1 aliphatic heterocycles. The highest BCUT2D eigenvalue weighted by atomic mass is 19.1. The average Bonchev–Trinajstić information content (AvgIpc) is 3.03. The summed E-state index contributed by atoms with van der Waals surface area (Å²) < 4.78 is 27.4. The van der Waals surface area contributed by atoms with E-state index in [-0.39, 0.29) is 18.1 Å². The number of imidazole rings is 1. The molecule has 1 aliphatic rings. The normalized spacial score (nSPS) is 15.8. The summed E-state index contributed by atoms with van der Waals surface area (Å²) in [5.74, 6) is -0.408. The van der Waals surface area contributed by atoms with Crippen molar-refractivity contribution in [1.82, 2.24) is 14.5 Å². The maximum Gasteiger partial charge on any atom is 0.333 e. The largest absolute Gasteiger partial charge is 0.333 e. The second kappa shape index (κ2) is 8.29.